The Morgan fingerprint density at radius 3 is 2.45 bits per heavy atom. The van der Waals surface area contributed by atoms with Gasteiger partial charge in [-0.3, -0.25) is 0 Å². The van der Waals surface area contributed by atoms with Crippen molar-refractivity contribution in [3.05, 3.63) is 33.8 Å². The van der Waals surface area contributed by atoms with Crippen molar-refractivity contribution in [2.24, 2.45) is 5.92 Å². The maximum Gasteiger partial charge on any atom is 0.243 e. The Morgan fingerprint density at radius 2 is 1.90 bits per heavy atom. The third-order valence-corrected chi connectivity index (χ3v) is 4.27. The van der Waals surface area contributed by atoms with Gasteiger partial charge in [0.25, 0.3) is 0 Å². The summed E-state index contributed by atoms with van der Waals surface area (Å²) < 4.78 is 0. The highest BCUT2D eigenvalue weighted by Gasteiger charge is 2.18. The Labute approximate surface area is 124 Å². The molecule has 0 aromatic carbocycles. The summed E-state index contributed by atoms with van der Waals surface area (Å²) in [6, 6.07) is 4.46. The van der Waals surface area contributed by atoms with E-state index in [9.17, 15) is 0 Å². The molecule has 20 heavy (non-hydrogen) atoms. The maximum atomic E-state index is 4.61. The van der Waals surface area contributed by atoms with Crippen LogP contribution in [0.5, 0.6) is 0 Å². The molecule has 2 aromatic rings. The van der Waals surface area contributed by atoms with Gasteiger partial charge in [-0.05, 0) is 30.2 Å². The highest BCUT2D eigenvalue weighted by Crippen LogP contribution is 2.28. The monoisotopic (exact) mass is 290 g/mol. The standard InChI is InChI=1S/C15H22N4S/c1-5-11-12(6-2)18-19-15(16-11)17-14(10(3)4)13-8-7-9-20-13/h7-10,14H,5-6H2,1-4H3,(H,16,17,19). The molecule has 0 radical (unpaired) electrons. The number of hydrogen-bond donors (Lipinski definition) is 1. The van der Waals surface area contributed by atoms with Gasteiger partial charge in [0, 0.05) is 4.88 Å². The summed E-state index contributed by atoms with van der Waals surface area (Å²) in [5.41, 5.74) is 2.04. The quantitative estimate of drug-likeness (QED) is 0.877. The van der Waals surface area contributed by atoms with Crippen LogP contribution in [0.1, 0.15) is 50.0 Å². The van der Waals surface area contributed by atoms with E-state index in [4.69, 9.17) is 0 Å². The second-order valence-corrected chi connectivity index (χ2v) is 6.10. The molecule has 2 heterocycles. The van der Waals surface area contributed by atoms with Crippen LogP contribution < -0.4 is 5.32 Å². The predicted octanol–water partition coefficient (Wildman–Crippen LogP) is 3.87. The molecule has 1 N–H and O–H groups in total. The SMILES string of the molecule is CCc1nnc(NC(c2cccs2)C(C)C)nc1CC. The first-order chi connectivity index (χ1) is 9.65. The van der Waals surface area contributed by atoms with Crippen LogP contribution in [-0.4, -0.2) is 15.2 Å². The Hall–Kier alpha value is -1.49. The molecule has 0 aliphatic rings. The molecular weight excluding hydrogens is 268 g/mol. The maximum absolute atomic E-state index is 4.61. The van der Waals surface area contributed by atoms with Gasteiger partial charge in [-0.1, -0.05) is 33.8 Å². The molecule has 1 atom stereocenters. The van der Waals surface area contributed by atoms with Crippen molar-refractivity contribution in [1.29, 1.82) is 0 Å². The van der Waals surface area contributed by atoms with Gasteiger partial charge in [-0.15, -0.1) is 16.4 Å². The van der Waals surface area contributed by atoms with Gasteiger partial charge in [0.2, 0.25) is 5.95 Å². The van der Waals surface area contributed by atoms with E-state index < -0.39 is 0 Å². The van der Waals surface area contributed by atoms with Crippen LogP contribution >= 0.6 is 11.3 Å². The lowest BCUT2D eigenvalue weighted by Crippen LogP contribution is -2.18. The number of hydrogen-bond acceptors (Lipinski definition) is 5. The molecule has 108 valence electrons. The van der Waals surface area contributed by atoms with E-state index in [-0.39, 0.29) is 6.04 Å². The van der Waals surface area contributed by atoms with Crippen molar-refractivity contribution in [3.8, 4) is 0 Å². The summed E-state index contributed by atoms with van der Waals surface area (Å²) in [6.45, 7) is 8.59. The largest absolute Gasteiger partial charge is 0.345 e. The fourth-order valence-electron chi connectivity index (χ4n) is 2.17. The zero-order valence-corrected chi connectivity index (χ0v) is 13.4. The van der Waals surface area contributed by atoms with Crippen molar-refractivity contribution in [3.63, 3.8) is 0 Å². The Balaban J connectivity index is 2.23. The first kappa shape index (κ1) is 14.9. The van der Waals surface area contributed by atoms with E-state index in [2.05, 4.69) is 65.7 Å². The Morgan fingerprint density at radius 1 is 1.15 bits per heavy atom. The zero-order chi connectivity index (χ0) is 14.5. The smallest absolute Gasteiger partial charge is 0.243 e. The second kappa shape index (κ2) is 6.79. The minimum atomic E-state index is 0.231. The Kier molecular flexibility index (Phi) is 5.06. The summed E-state index contributed by atoms with van der Waals surface area (Å²) in [7, 11) is 0. The van der Waals surface area contributed by atoms with Crippen molar-refractivity contribution in [2.45, 2.75) is 46.6 Å². The highest BCUT2D eigenvalue weighted by atomic mass is 32.1. The lowest BCUT2D eigenvalue weighted by atomic mass is 10.0. The molecule has 5 heteroatoms. The van der Waals surface area contributed by atoms with Crippen molar-refractivity contribution in [1.82, 2.24) is 15.2 Å². The van der Waals surface area contributed by atoms with Crippen LogP contribution in [-0.2, 0) is 12.8 Å². The number of rotatable bonds is 6. The Bertz CT molecular complexity index is 537. The van der Waals surface area contributed by atoms with Crippen LogP contribution in [0.15, 0.2) is 17.5 Å². The first-order valence-corrected chi connectivity index (χ1v) is 8.06. The van der Waals surface area contributed by atoms with Crippen molar-refractivity contribution < 1.29 is 0 Å². The summed E-state index contributed by atoms with van der Waals surface area (Å²) in [4.78, 5) is 5.92. The number of nitrogens with one attached hydrogen (secondary N) is 1. The van der Waals surface area contributed by atoms with E-state index in [0.717, 1.165) is 24.2 Å². The van der Waals surface area contributed by atoms with Gasteiger partial charge in [0.05, 0.1) is 17.4 Å². The molecule has 0 aliphatic heterocycles. The van der Waals surface area contributed by atoms with Crippen molar-refractivity contribution in [2.75, 3.05) is 5.32 Å². The van der Waals surface area contributed by atoms with E-state index >= 15 is 0 Å². The average molecular weight is 290 g/mol. The van der Waals surface area contributed by atoms with Gasteiger partial charge >= 0.3 is 0 Å². The van der Waals surface area contributed by atoms with Crippen LogP contribution in [0.2, 0.25) is 0 Å². The molecule has 2 rings (SSSR count). The third-order valence-electron chi connectivity index (χ3n) is 3.31. The molecule has 0 bridgehead atoms. The van der Waals surface area contributed by atoms with Gasteiger partial charge in [0.15, 0.2) is 0 Å². The van der Waals surface area contributed by atoms with Crippen LogP contribution in [0.25, 0.3) is 0 Å². The molecule has 0 fully saturated rings. The molecule has 0 spiro atoms. The highest BCUT2D eigenvalue weighted by molar-refractivity contribution is 7.10. The summed E-state index contributed by atoms with van der Waals surface area (Å²) in [5.74, 6) is 1.10. The van der Waals surface area contributed by atoms with Gasteiger partial charge in [-0.25, -0.2) is 4.98 Å². The van der Waals surface area contributed by atoms with Gasteiger partial charge in [-0.2, -0.15) is 5.10 Å². The van der Waals surface area contributed by atoms with Crippen molar-refractivity contribution >= 4 is 17.3 Å². The fourth-order valence-corrected chi connectivity index (χ4v) is 3.12. The summed E-state index contributed by atoms with van der Waals surface area (Å²) >= 11 is 1.76. The van der Waals surface area contributed by atoms with Crippen LogP contribution in [0, 0.1) is 5.92 Å². The minimum Gasteiger partial charge on any atom is -0.345 e. The van der Waals surface area contributed by atoms with Crippen LogP contribution in [0.4, 0.5) is 5.95 Å². The summed E-state index contributed by atoms with van der Waals surface area (Å²) in [5, 5.41) is 14.0. The van der Waals surface area contributed by atoms with E-state index in [1.807, 2.05) is 0 Å². The average Bonchev–Trinajstić information content (AvgIpc) is 2.97. The summed E-state index contributed by atoms with van der Waals surface area (Å²) in [6.07, 6.45) is 1.76. The molecule has 0 amide bonds. The molecule has 0 saturated carbocycles. The fraction of sp³-hybridized carbons (Fsp3) is 0.533. The van der Waals surface area contributed by atoms with Gasteiger partial charge in [0.1, 0.15) is 0 Å². The predicted molar refractivity (Wildman–Crippen MR) is 84.1 cm³/mol. The number of aryl methyl sites for hydroxylation is 2. The molecule has 1 unspecified atom stereocenters. The first-order valence-electron chi connectivity index (χ1n) is 7.18. The van der Waals surface area contributed by atoms with E-state index in [0.29, 0.717) is 11.9 Å². The normalized spacial score (nSPS) is 12.7. The molecule has 0 aliphatic carbocycles. The topological polar surface area (TPSA) is 50.7 Å². The van der Waals surface area contributed by atoms with E-state index in [1.165, 1.54) is 4.88 Å². The molecule has 4 nitrogen and oxygen atoms in total. The minimum absolute atomic E-state index is 0.231. The van der Waals surface area contributed by atoms with Crippen LogP contribution in [0.3, 0.4) is 0 Å². The lowest BCUT2D eigenvalue weighted by molar-refractivity contribution is 0.548. The van der Waals surface area contributed by atoms with E-state index in [1.54, 1.807) is 11.3 Å². The second-order valence-electron chi connectivity index (χ2n) is 5.12. The third kappa shape index (κ3) is 3.33. The number of thiophene rings is 1. The molecule has 0 saturated heterocycles. The molecule has 2 aromatic heterocycles. The number of nitrogens with zero attached hydrogens (tertiary/aromatic N) is 3. The lowest BCUT2D eigenvalue weighted by Gasteiger charge is -2.21. The number of aromatic nitrogens is 3. The zero-order valence-electron chi connectivity index (χ0n) is 12.6. The van der Waals surface area contributed by atoms with Gasteiger partial charge < -0.3 is 5.32 Å². The number of anilines is 1. The molecular formula is C15H22N4S.